The Bertz CT molecular complexity index is 395. The second-order valence-corrected chi connectivity index (χ2v) is 4.91. The molecule has 0 aliphatic rings. The predicted molar refractivity (Wildman–Crippen MR) is 70.5 cm³/mol. The second kappa shape index (κ2) is 6.61. The topological polar surface area (TPSA) is 69.6 Å². The number of hydrogen-bond acceptors (Lipinski definition) is 3. The van der Waals surface area contributed by atoms with E-state index in [2.05, 4.69) is 21.2 Å². The van der Waals surface area contributed by atoms with E-state index in [-0.39, 0.29) is 12.2 Å². The van der Waals surface area contributed by atoms with Gasteiger partial charge in [-0.25, -0.2) is 4.79 Å². The van der Waals surface area contributed by atoms with E-state index < -0.39 is 5.97 Å². The molecule has 5 heteroatoms. The van der Waals surface area contributed by atoms with E-state index in [0.29, 0.717) is 24.6 Å². The minimum absolute atomic E-state index is 0.146. The zero-order chi connectivity index (χ0) is 12.8. The number of carboxylic acids is 1. The zero-order valence-electron chi connectivity index (χ0n) is 9.61. The molecule has 1 aromatic rings. The smallest absolute Gasteiger partial charge is 0.337 e. The van der Waals surface area contributed by atoms with E-state index in [0.717, 1.165) is 4.47 Å². The minimum Gasteiger partial charge on any atom is -0.478 e. The Morgan fingerprint density at radius 1 is 1.53 bits per heavy atom. The molecule has 94 valence electrons. The van der Waals surface area contributed by atoms with Crippen LogP contribution < -0.4 is 5.32 Å². The highest BCUT2D eigenvalue weighted by Crippen LogP contribution is 2.22. The van der Waals surface area contributed by atoms with E-state index in [9.17, 15) is 4.79 Å². The molecule has 0 aliphatic heterocycles. The number of aliphatic hydroxyl groups excluding tert-OH is 1. The first kappa shape index (κ1) is 14.0. The number of carbonyl (C=O) groups is 1. The van der Waals surface area contributed by atoms with Crippen molar-refractivity contribution in [1.82, 2.24) is 0 Å². The first-order valence-electron chi connectivity index (χ1n) is 5.42. The highest BCUT2D eigenvalue weighted by Gasteiger charge is 2.11. The lowest BCUT2D eigenvalue weighted by atomic mass is 10.1. The molecular weight excluding hydrogens is 286 g/mol. The SMILES string of the molecule is CC(CCO)CNc1cc(Br)ccc1C(=O)O. The molecule has 0 spiro atoms. The van der Waals surface area contributed by atoms with Crippen LogP contribution in [0, 0.1) is 5.92 Å². The molecule has 3 N–H and O–H groups in total. The monoisotopic (exact) mass is 301 g/mol. The van der Waals surface area contributed by atoms with Gasteiger partial charge in [-0.2, -0.15) is 0 Å². The Morgan fingerprint density at radius 3 is 2.82 bits per heavy atom. The summed E-state index contributed by atoms with van der Waals surface area (Å²) < 4.78 is 0.833. The number of benzene rings is 1. The van der Waals surface area contributed by atoms with Crippen LogP contribution in [-0.4, -0.2) is 29.3 Å². The van der Waals surface area contributed by atoms with Crippen molar-refractivity contribution in [3.8, 4) is 0 Å². The molecule has 0 aromatic heterocycles. The average molecular weight is 302 g/mol. The van der Waals surface area contributed by atoms with Gasteiger partial charge in [-0.3, -0.25) is 0 Å². The molecule has 0 fully saturated rings. The molecule has 17 heavy (non-hydrogen) atoms. The van der Waals surface area contributed by atoms with Gasteiger partial charge in [0.25, 0.3) is 0 Å². The summed E-state index contributed by atoms with van der Waals surface area (Å²) in [4.78, 5) is 11.0. The summed E-state index contributed by atoms with van der Waals surface area (Å²) in [6, 6.07) is 5.01. The van der Waals surface area contributed by atoms with Gasteiger partial charge >= 0.3 is 5.97 Å². The number of anilines is 1. The highest BCUT2D eigenvalue weighted by atomic mass is 79.9. The third-order valence-electron chi connectivity index (χ3n) is 2.47. The van der Waals surface area contributed by atoms with Crippen LogP contribution in [-0.2, 0) is 0 Å². The van der Waals surface area contributed by atoms with Crippen LogP contribution in [0.5, 0.6) is 0 Å². The van der Waals surface area contributed by atoms with Gasteiger partial charge in [0, 0.05) is 23.3 Å². The molecule has 1 rings (SSSR count). The number of nitrogens with one attached hydrogen (secondary N) is 1. The number of aliphatic hydroxyl groups is 1. The largest absolute Gasteiger partial charge is 0.478 e. The molecule has 0 saturated carbocycles. The van der Waals surface area contributed by atoms with Gasteiger partial charge in [0.05, 0.1) is 5.56 Å². The summed E-state index contributed by atoms with van der Waals surface area (Å²) in [6.07, 6.45) is 0.698. The third-order valence-corrected chi connectivity index (χ3v) is 2.97. The van der Waals surface area contributed by atoms with Crippen molar-refractivity contribution in [2.75, 3.05) is 18.5 Å². The first-order valence-corrected chi connectivity index (χ1v) is 6.21. The number of carboxylic acid groups (broad SMARTS) is 1. The van der Waals surface area contributed by atoms with Gasteiger partial charge < -0.3 is 15.5 Å². The lowest BCUT2D eigenvalue weighted by Gasteiger charge is -2.14. The second-order valence-electron chi connectivity index (χ2n) is 3.99. The van der Waals surface area contributed by atoms with Crippen molar-refractivity contribution < 1.29 is 15.0 Å². The first-order chi connectivity index (χ1) is 8.04. The lowest BCUT2D eigenvalue weighted by Crippen LogP contribution is -2.14. The van der Waals surface area contributed by atoms with Gasteiger partial charge in [-0.15, -0.1) is 0 Å². The Hall–Kier alpha value is -1.07. The fourth-order valence-electron chi connectivity index (χ4n) is 1.46. The van der Waals surface area contributed by atoms with Crippen molar-refractivity contribution >= 4 is 27.6 Å². The molecule has 0 saturated heterocycles. The van der Waals surface area contributed by atoms with Crippen molar-refractivity contribution in [3.63, 3.8) is 0 Å². The maximum Gasteiger partial charge on any atom is 0.337 e. The van der Waals surface area contributed by atoms with Crippen LogP contribution in [0.4, 0.5) is 5.69 Å². The number of hydrogen-bond donors (Lipinski definition) is 3. The van der Waals surface area contributed by atoms with Crippen LogP contribution in [0.2, 0.25) is 0 Å². The van der Waals surface area contributed by atoms with E-state index in [4.69, 9.17) is 10.2 Å². The van der Waals surface area contributed by atoms with Crippen LogP contribution in [0.15, 0.2) is 22.7 Å². The van der Waals surface area contributed by atoms with Gasteiger partial charge in [0.1, 0.15) is 0 Å². The minimum atomic E-state index is -0.949. The van der Waals surface area contributed by atoms with E-state index in [1.165, 1.54) is 0 Å². The van der Waals surface area contributed by atoms with E-state index in [1.807, 2.05) is 6.92 Å². The number of aromatic carboxylic acids is 1. The Kier molecular flexibility index (Phi) is 5.44. The van der Waals surface area contributed by atoms with Crippen LogP contribution in [0.1, 0.15) is 23.7 Å². The predicted octanol–water partition coefficient (Wildman–Crippen LogP) is 2.58. The van der Waals surface area contributed by atoms with E-state index >= 15 is 0 Å². The summed E-state index contributed by atoms with van der Waals surface area (Å²) in [5.41, 5.74) is 0.848. The molecule has 0 radical (unpaired) electrons. The summed E-state index contributed by atoms with van der Waals surface area (Å²) in [5, 5.41) is 20.9. The van der Waals surface area contributed by atoms with Crippen molar-refractivity contribution in [2.24, 2.45) is 5.92 Å². The Morgan fingerprint density at radius 2 is 2.24 bits per heavy atom. The number of halogens is 1. The molecule has 0 heterocycles. The Labute approximate surface area is 109 Å². The average Bonchev–Trinajstić information content (AvgIpc) is 2.26. The van der Waals surface area contributed by atoms with E-state index in [1.54, 1.807) is 18.2 Å². The van der Waals surface area contributed by atoms with Crippen LogP contribution in [0.25, 0.3) is 0 Å². The van der Waals surface area contributed by atoms with Gasteiger partial charge in [0.15, 0.2) is 0 Å². The maximum absolute atomic E-state index is 11.0. The highest BCUT2D eigenvalue weighted by molar-refractivity contribution is 9.10. The summed E-state index contributed by atoms with van der Waals surface area (Å²) in [5.74, 6) is -0.657. The summed E-state index contributed by atoms with van der Waals surface area (Å²) >= 11 is 3.31. The number of rotatable bonds is 6. The zero-order valence-corrected chi connectivity index (χ0v) is 11.2. The molecule has 4 nitrogen and oxygen atoms in total. The van der Waals surface area contributed by atoms with Crippen molar-refractivity contribution in [3.05, 3.63) is 28.2 Å². The lowest BCUT2D eigenvalue weighted by molar-refractivity contribution is 0.0698. The molecular formula is C12H16BrNO3. The fraction of sp³-hybridized carbons (Fsp3) is 0.417. The van der Waals surface area contributed by atoms with Crippen molar-refractivity contribution in [2.45, 2.75) is 13.3 Å². The van der Waals surface area contributed by atoms with Crippen molar-refractivity contribution in [1.29, 1.82) is 0 Å². The summed E-state index contributed by atoms with van der Waals surface area (Å²) in [7, 11) is 0. The molecule has 1 aromatic carbocycles. The van der Waals surface area contributed by atoms with Gasteiger partial charge in [-0.05, 0) is 30.5 Å². The third kappa shape index (κ3) is 4.36. The fourth-order valence-corrected chi connectivity index (χ4v) is 1.82. The van der Waals surface area contributed by atoms with Crippen LogP contribution in [0.3, 0.4) is 0 Å². The molecule has 0 aliphatic carbocycles. The Balaban J connectivity index is 2.75. The molecule has 0 bridgehead atoms. The van der Waals surface area contributed by atoms with Gasteiger partial charge in [0.2, 0.25) is 0 Å². The molecule has 1 unspecified atom stereocenters. The standard InChI is InChI=1S/C12H16BrNO3/c1-8(4-5-15)7-14-11-6-9(13)2-3-10(11)12(16)17/h2-3,6,8,14-15H,4-5,7H2,1H3,(H,16,17). The van der Waals surface area contributed by atoms with Crippen LogP contribution >= 0.6 is 15.9 Å². The quantitative estimate of drug-likeness (QED) is 0.755. The maximum atomic E-state index is 11.0. The summed E-state index contributed by atoms with van der Waals surface area (Å²) in [6.45, 7) is 2.78. The molecule has 0 amide bonds. The molecule has 1 atom stereocenters. The van der Waals surface area contributed by atoms with Gasteiger partial charge in [-0.1, -0.05) is 22.9 Å². The normalized spacial score (nSPS) is 12.2.